The highest BCUT2D eigenvalue weighted by molar-refractivity contribution is 5.77. The number of carbonyl (C=O) groups is 1. The Bertz CT molecular complexity index is 897. The lowest BCUT2D eigenvalue weighted by molar-refractivity contribution is -0.133. The van der Waals surface area contributed by atoms with Crippen LogP contribution in [0.4, 0.5) is 11.6 Å². The van der Waals surface area contributed by atoms with E-state index in [1.807, 2.05) is 18.2 Å². The van der Waals surface area contributed by atoms with Crippen molar-refractivity contribution in [2.45, 2.75) is 76.9 Å². The van der Waals surface area contributed by atoms with Gasteiger partial charge in [-0.3, -0.25) is 9.78 Å². The number of hydrogen-bond donors (Lipinski definition) is 2. The fourth-order valence-corrected chi connectivity index (χ4v) is 5.62. The van der Waals surface area contributed by atoms with Crippen LogP contribution in [0.15, 0.2) is 36.8 Å². The lowest BCUT2D eigenvalue weighted by atomic mass is 9.74. The topological polar surface area (TPSA) is 83.0 Å². The van der Waals surface area contributed by atoms with E-state index in [1.165, 1.54) is 0 Å². The molecule has 166 valence electrons. The third-order valence-corrected chi connectivity index (χ3v) is 6.24. The fraction of sp³-hybridized carbons (Fsp3) is 0.583. The molecular weight excluding hydrogens is 388 g/mol. The van der Waals surface area contributed by atoms with Gasteiger partial charge in [-0.1, -0.05) is 6.07 Å². The van der Waals surface area contributed by atoms with Gasteiger partial charge < -0.3 is 15.5 Å². The van der Waals surface area contributed by atoms with Crippen LogP contribution in [-0.4, -0.2) is 43.4 Å². The van der Waals surface area contributed by atoms with Gasteiger partial charge in [-0.15, -0.1) is 0 Å². The van der Waals surface area contributed by atoms with Gasteiger partial charge in [-0.2, -0.15) is 0 Å². The normalized spacial score (nSPS) is 23.0. The molecule has 7 heteroatoms. The van der Waals surface area contributed by atoms with Gasteiger partial charge in [0.15, 0.2) is 0 Å². The van der Waals surface area contributed by atoms with Crippen molar-refractivity contribution < 1.29 is 4.79 Å². The lowest BCUT2D eigenvalue weighted by Gasteiger charge is -2.46. The van der Waals surface area contributed by atoms with Crippen LogP contribution in [0.1, 0.15) is 71.5 Å². The molecule has 1 atom stereocenters. The smallest absolute Gasteiger partial charge is 0.223 e. The maximum Gasteiger partial charge on any atom is 0.223 e. The molecule has 4 rings (SSSR count). The molecule has 31 heavy (non-hydrogen) atoms. The summed E-state index contributed by atoms with van der Waals surface area (Å²) in [6.07, 6.45) is 9.59. The maximum atomic E-state index is 13.3. The summed E-state index contributed by atoms with van der Waals surface area (Å²) in [5.41, 5.74) is 1.04. The Balaban J connectivity index is 1.45. The average Bonchev–Trinajstić information content (AvgIpc) is 3.16. The first kappa shape index (κ1) is 21.7. The molecular formula is C24H34N6O. The predicted molar refractivity (Wildman–Crippen MR) is 122 cm³/mol. The third-order valence-electron chi connectivity index (χ3n) is 6.24. The van der Waals surface area contributed by atoms with E-state index in [0.29, 0.717) is 18.2 Å². The highest BCUT2D eigenvalue weighted by atomic mass is 16.2. The molecule has 0 bridgehead atoms. The highest BCUT2D eigenvalue weighted by Gasteiger charge is 2.40. The number of amides is 1. The van der Waals surface area contributed by atoms with Gasteiger partial charge in [0.2, 0.25) is 5.91 Å². The minimum Gasteiger partial charge on any atom is -0.334 e. The van der Waals surface area contributed by atoms with Crippen LogP contribution >= 0.6 is 0 Å². The highest BCUT2D eigenvalue weighted by Crippen LogP contribution is 2.37. The summed E-state index contributed by atoms with van der Waals surface area (Å²) in [5, 5.41) is 6.91. The van der Waals surface area contributed by atoms with Crippen molar-refractivity contribution in [3.05, 3.63) is 42.5 Å². The second kappa shape index (κ2) is 8.54. The van der Waals surface area contributed by atoms with Crippen molar-refractivity contribution in [2.75, 3.05) is 11.9 Å². The van der Waals surface area contributed by atoms with Gasteiger partial charge >= 0.3 is 0 Å². The molecule has 2 aliphatic heterocycles. The lowest BCUT2D eigenvalue weighted by Crippen LogP contribution is -2.58. The van der Waals surface area contributed by atoms with Crippen LogP contribution in [-0.2, 0) is 4.79 Å². The first-order valence-electron chi connectivity index (χ1n) is 11.3. The zero-order valence-corrected chi connectivity index (χ0v) is 19.1. The molecule has 2 saturated heterocycles. The Morgan fingerprint density at radius 1 is 1.16 bits per heavy atom. The first-order chi connectivity index (χ1) is 14.7. The minimum atomic E-state index is 0.0406. The predicted octanol–water partition coefficient (Wildman–Crippen LogP) is 4.23. The van der Waals surface area contributed by atoms with Crippen molar-refractivity contribution in [3.8, 4) is 0 Å². The molecule has 0 spiro atoms. The van der Waals surface area contributed by atoms with Crippen molar-refractivity contribution >= 4 is 17.5 Å². The van der Waals surface area contributed by atoms with E-state index in [0.717, 1.165) is 43.7 Å². The van der Waals surface area contributed by atoms with E-state index < -0.39 is 0 Å². The summed E-state index contributed by atoms with van der Waals surface area (Å²) in [5.74, 6) is 2.04. The number of nitrogens with one attached hydrogen (secondary N) is 2. The van der Waals surface area contributed by atoms with Crippen molar-refractivity contribution in [2.24, 2.45) is 5.92 Å². The number of anilines is 2. The molecule has 0 radical (unpaired) electrons. The maximum absolute atomic E-state index is 13.3. The molecule has 2 aliphatic rings. The monoisotopic (exact) mass is 422 g/mol. The summed E-state index contributed by atoms with van der Waals surface area (Å²) in [6.45, 7) is 9.77. The molecule has 1 amide bonds. The van der Waals surface area contributed by atoms with Gasteiger partial charge in [0.05, 0.1) is 17.9 Å². The Labute approximate surface area is 185 Å². The summed E-state index contributed by atoms with van der Waals surface area (Å²) in [4.78, 5) is 28.5. The first-order valence-corrected chi connectivity index (χ1v) is 11.3. The largest absolute Gasteiger partial charge is 0.334 e. The third kappa shape index (κ3) is 5.39. The Morgan fingerprint density at radius 3 is 2.65 bits per heavy atom. The van der Waals surface area contributed by atoms with Crippen molar-refractivity contribution in [1.29, 1.82) is 0 Å². The molecule has 7 nitrogen and oxygen atoms in total. The molecule has 2 fully saturated rings. The fourth-order valence-electron chi connectivity index (χ4n) is 5.62. The van der Waals surface area contributed by atoms with Crippen LogP contribution in [0.2, 0.25) is 0 Å². The number of piperidine rings is 1. The zero-order valence-electron chi connectivity index (χ0n) is 19.1. The molecule has 2 aromatic rings. The van der Waals surface area contributed by atoms with Crippen molar-refractivity contribution in [3.63, 3.8) is 0 Å². The number of likely N-dealkylation sites (tertiary alicyclic amines) is 1. The molecule has 0 aromatic carbocycles. The summed E-state index contributed by atoms with van der Waals surface area (Å²) < 4.78 is 0. The zero-order chi connectivity index (χ0) is 22.1. The number of rotatable bonds is 5. The van der Waals surface area contributed by atoms with Crippen LogP contribution in [0.3, 0.4) is 0 Å². The quantitative estimate of drug-likeness (QED) is 0.750. The van der Waals surface area contributed by atoms with Gasteiger partial charge in [-0.25, -0.2) is 9.97 Å². The summed E-state index contributed by atoms with van der Waals surface area (Å²) in [6, 6.07) is 5.96. The summed E-state index contributed by atoms with van der Waals surface area (Å²) in [7, 11) is 0. The van der Waals surface area contributed by atoms with Gasteiger partial charge in [0.25, 0.3) is 0 Å². The Morgan fingerprint density at radius 2 is 1.94 bits per heavy atom. The number of pyridine rings is 1. The minimum absolute atomic E-state index is 0.0406. The second-order valence-electron chi connectivity index (χ2n) is 10.3. The summed E-state index contributed by atoms with van der Waals surface area (Å²) >= 11 is 0. The Kier molecular flexibility index (Phi) is 5.97. The van der Waals surface area contributed by atoms with E-state index in [4.69, 9.17) is 4.98 Å². The molecule has 0 aliphatic carbocycles. The van der Waals surface area contributed by atoms with Gasteiger partial charge in [-0.05, 0) is 71.4 Å². The van der Waals surface area contributed by atoms with Crippen molar-refractivity contribution in [1.82, 2.24) is 25.2 Å². The van der Waals surface area contributed by atoms with Crippen LogP contribution in [0, 0.1) is 5.92 Å². The van der Waals surface area contributed by atoms with E-state index >= 15 is 0 Å². The van der Waals surface area contributed by atoms with Crippen LogP contribution < -0.4 is 10.6 Å². The molecule has 0 unspecified atom stereocenters. The molecule has 0 saturated carbocycles. The van der Waals surface area contributed by atoms with Crippen LogP contribution in [0.25, 0.3) is 0 Å². The SMILES string of the molecule is CC1(C)CC(CC(=O)N2CCC[C@@H]2c2cccc(Nc3cnccn3)n2)CC(C)(C)N1. The molecule has 2 aromatic heterocycles. The number of hydrogen-bond acceptors (Lipinski definition) is 6. The van der Waals surface area contributed by atoms with E-state index in [9.17, 15) is 4.79 Å². The van der Waals surface area contributed by atoms with Gasteiger partial charge in [0, 0.05) is 36.4 Å². The molecule has 4 heterocycles. The second-order valence-corrected chi connectivity index (χ2v) is 10.3. The molecule has 2 N–H and O–H groups in total. The number of carbonyl (C=O) groups excluding carboxylic acids is 1. The number of aromatic nitrogens is 3. The Hall–Kier alpha value is -2.54. The standard InChI is InChI=1S/C24H34N6O/c1-23(2)14-17(15-24(3,4)29-23)13-22(31)30-12-6-8-19(30)18-7-5-9-20(27-18)28-21-16-25-10-11-26-21/h5,7,9-11,16-17,19,29H,6,8,12-15H2,1-4H3,(H,26,27,28)/t19-/m1/s1. The van der Waals surface area contributed by atoms with Gasteiger partial charge in [0.1, 0.15) is 11.6 Å². The van der Waals surface area contributed by atoms with Crippen LogP contribution in [0.5, 0.6) is 0 Å². The van der Waals surface area contributed by atoms with E-state index in [-0.39, 0.29) is 23.0 Å². The van der Waals surface area contributed by atoms with E-state index in [2.05, 4.69) is 53.2 Å². The average molecular weight is 423 g/mol. The number of nitrogens with zero attached hydrogens (tertiary/aromatic N) is 4. The van der Waals surface area contributed by atoms with E-state index in [1.54, 1.807) is 18.6 Å².